The molecule has 0 spiro atoms. The van der Waals surface area contributed by atoms with Crippen molar-refractivity contribution < 1.29 is 14.3 Å². The van der Waals surface area contributed by atoms with Gasteiger partial charge in [-0.3, -0.25) is 4.79 Å². The molecule has 0 saturated carbocycles. The highest BCUT2D eigenvalue weighted by Crippen LogP contribution is 2.36. The monoisotopic (exact) mass is 437 g/mol. The Hall–Kier alpha value is -2.93. The van der Waals surface area contributed by atoms with Crippen molar-refractivity contribution in [1.29, 1.82) is 0 Å². The highest BCUT2D eigenvalue weighted by Gasteiger charge is 2.20. The van der Waals surface area contributed by atoms with Crippen molar-refractivity contribution in [3.05, 3.63) is 60.3 Å². The molecule has 31 heavy (non-hydrogen) atoms. The fourth-order valence-corrected chi connectivity index (χ4v) is 4.50. The van der Waals surface area contributed by atoms with Gasteiger partial charge in [0, 0.05) is 18.7 Å². The molecule has 7 heteroatoms. The zero-order valence-corrected chi connectivity index (χ0v) is 18.7. The summed E-state index contributed by atoms with van der Waals surface area (Å²) < 4.78 is 13.5. The molecule has 0 saturated heterocycles. The van der Waals surface area contributed by atoms with Gasteiger partial charge in [0.05, 0.1) is 17.1 Å². The molecular weight excluding hydrogens is 410 g/mol. The number of amides is 1. The number of nitrogens with zero attached hydrogens (tertiary/aromatic N) is 2. The molecule has 0 radical (unpaired) electrons. The zero-order valence-electron chi connectivity index (χ0n) is 17.8. The van der Waals surface area contributed by atoms with Crippen molar-refractivity contribution in [3.63, 3.8) is 0 Å². The lowest BCUT2D eigenvalue weighted by Crippen LogP contribution is -2.32. The molecule has 2 aromatic carbocycles. The molecular formula is C24H27N3O3S. The van der Waals surface area contributed by atoms with Gasteiger partial charge in [-0.1, -0.05) is 42.1 Å². The predicted octanol–water partition coefficient (Wildman–Crippen LogP) is 4.18. The zero-order chi connectivity index (χ0) is 21.6. The minimum absolute atomic E-state index is 0.0208. The number of nitrogens with one attached hydrogen (secondary N) is 1. The number of benzene rings is 2. The first-order valence-corrected chi connectivity index (χ1v) is 11.5. The Morgan fingerprint density at radius 3 is 2.71 bits per heavy atom. The van der Waals surface area contributed by atoms with Crippen molar-refractivity contribution in [2.24, 2.45) is 0 Å². The molecule has 1 atom stereocenters. The molecule has 6 nitrogen and oxygen atoms in total. The van der Waals surface area contributed by atoms with E-state index in [0.717, 1.165) is 40.9 Å². The van der Waals surface area contributed by atoms with Gasteiger partial charge in [-0.2, -0.15) is 0 Å². The number of rotatable bonds is 8. The maximum Gasteiger partial charge on any atom is 0.233 e. The summed E-state index contributed by atoms with van der Waals surface area (Å²) in [5, 5.41) is 3.63. The van der Waals surface area contributed by atoms with Gasteiger partial charge >= 0.3 is 0 Å². The van der Waals surface area contributed by atoms with Gasteiger partial charge in [0.1, 0.15) is 13.2 Å². The second-order valence-corrected chi connectivity index (χ2v) is 8.62. The Balaban J connectivity index is 1.40. The first-order chi connectivity index (χ1) is 15.2. The molecule has 0 bridgehead atoms. The van der Waals surface area contributed by atoms with Crippen LogP contribution in [0.3, 0.4) is 0 Å². The van der Waals surface area contributed by atoms with E-state index in [9.17, 15) is 4.79 Å². The molecule has 1 N–H and O–H groups in total. The molecule has 1 amide bonds. The number of imidazole rings is 1. The smallest absolute Gasteiger partial charge is 0.233 e. The number of carbonyl (C=O) groups excluding carboxylic acids is 1. The number of hydrogen-bond donors (Lipinski definition) is 1. The largest absolute Gasteiger partial charge is 0.486 e. The van der Waals surface area contributed by atoms with Gasteiger partial charge in [0.15, 0.2) is 16.7 Å². The molecule has 1 aliphatic rings. The summed E-state index contributed by atoms with van der Waals surface area (Å²) in [6.07, 6.45) is 2.68. The number of aromatic nitrogens is 2. The van der Waals surface area contributed by atoms with E-state index in [1.165, 1.54) is 17.3 Å². The Morgan fingerprint density at radius 2 is 1.94 bits per heavy atom. The topological polar surface area (TPSA) is 65.4 Å². The maximum atomic E-state index is 12.6. The van der Waals surface area contributed by atoms with Crippen molar-refractivity contribution in [3.8, 4) is 22.8 Å². The van der Waals surface area contributed by atoms with Gasteiger partial charge < -0.3 is 19.4 Å². The van der Waals surface area contributed by atoms with Crippen LogP contribution in [-0.2, 0) is 17.8 Å². The first-order valence-electron chi connectivity index (χ1n) is 10.6. The average molecular weight is 438 g/mol. The number of hydrogen-bond acceptors (Lipinski definition) is 5. The summed E-state index contributed by atoms with van der Waals surface area (Å²) in [6, 6.07) is 16.1. The quantitative estimate of drug-likeness (QED) is 0.536. The number of fused-ring (bicyclic) bond motifs is 1. The second-order valence-electron chi connectivity index (χ2n) is 7.32. The molecule has 0 aliphatic carbocycles. The third kappa shape index (κ3) is 5.05. The minimum atomic E-state index is -0.239. The summed E-state index contributed by atoms with van der Waals surface area (Å²) in [5.74, 6) is 1.55. The van der Waals surface area contributed by atoms with E-state index in [1.54, 1.807) is 0 Å². The Morgan fingerprint density at radius 1 is 1.16 bits per heavy atom. The summed E-state index contributed by atoms with van der Waals surface area (Å²) >= 11 is 1.48. The maximum absolute atomic E-state index is 12.6. The number of carbonyl (C=O) groups is 1. The fraction of sp³-hybridized carbons (Fsp3) is 0.333. The SMILES string of the molecule is CCn1c(-c2ccc3c(c2)OCCO3)cnc1SC(C)C(=O)NCCc1ccccc1. The molecule has 1 aliphatic heterocycles. The van der Waals surface area contributed by atoms with E-state index < -0.39 is 0 Å². The van der Waals surface area contributed by atoms with Crippen LogP contribution in [0.5, 0.6) is 11.5 Å². The average Bonchev–Trinajstić information content (AvgIpc) is 3.21. The van der Waals surface area contributed by atoms with Gasteiger partial charge in [-0.05, 0) is 44.0 Å². The second kappa shape index (κ2) is 9.92. The van der Waals surface area contributed by atoms with Crippen LogP contribution in [0.25, 0.3) is 11.3 Å². The number of ether oxygens (including phenoxy) is 2. The molecule has 3 aromatic rings. The van der Waals surface area contributed by atoms with Crippen LogP contribution in [0.15, 0.2) is 59.9 Å². The highest BCUT2D eigenvalue weighted by atomic mass is 32.2. The molecule has 1 unspecified atom stereocenters. The van der Waals surface area contributed by atoms with Crippen LogP contribution in [0.4, 0.5) is 0 Å². The standard InChI is InChI=1S/C24H27N3O3S/c1-3-27-20(19-9-10-21-22(15-19)30-14-13-29-21)16-26-24(27)31-17(2)23(28)25-12-11-18-7-5-4-6-8-18/h4-10,15-17H,3,11-14H2,1-2H3,(H,25,28). The molecule has 4 rings (SSSR count). The fourth-order valence-electron chi connectivity index (χ4n) is 3.52. The molecule has 162 valence electrons. The van der Waals surface area contributed by atoms with E-state index >= 15 is 0 Å². The van der Waals surface area contributed by atoms with E-state index in [1.807, 2.05) is 49.5 Å². The van der Waals surface area contributed by atoms with Crippen molar-refractivity contribution >= 4 is 17.7 Å². The molecule has 0 fully saturated rings. The van der Waals surface area contributed by atoms with E-state index in [2.05, 4.69) is 33.9 Å². The van der Waals surface area contributed by atoms with Crippen LogP contribution >= 0.6 is 11.8 Å². The third-order valence-electron chi connectivity index (χ3n) is 5.18. The van der Waals surface area contributed by atoms with Crippen molar-refractivity contribution in [1.82, 2.24) is 14.9 Å². The lowest BCUT2D eigenvalue weighted by molar-refractivity contribution is -0.120. The van der Waals surface area contributed by atoms with Crippen LogP contribution in [0.1, 0.15) is 19.4 Å². The summed E-state index contributed by atoms with van der Waals surface area (Å²) in [4.78, 5) is 17.2. The van der Waals surface area contributed by atoms with Gasteiger partial charge in [0.25, 0.3) is 0 Å². The van der Waals surface area contributed by atoms with E-state index in [-0.39, 0.29) is 11.2 Å². The Bertz CT molecular complexity index is 1040. The van der Waals surface area contributed by atoms with Crippen LogP contribution < -0.4 is 14.8 Å². The summed E-state index contributed by atoms with van der Waals surface area (Å²) in [5.41, 5.74) is 3.23. The Kier molecular flexibility index (Phi) is 6.82. The van der Waals surface area contributed by atoms with Gasteiger partial charge in [-0.25, -0.2) is 4.98 Å². The number of thioether (sulfide) groups is 1. The lowest BCUT2D eigenvalue weighted by Gasteiger charge is -2.19. The summed E-state index contributed by atoms with van der Waals surface area (Å²) in [6.45, 7) is 6.51. The van der Waals surface area contributed by atoms with E-state index in [4.69, 9.17) is 9.47 Å². The predicted molar refractivity (Wildman–Crippen MR) is 123 cm³/mol. The first kappa shape index (κ1) is 21.3. The third-order valence-corrected chi connectivity index (χ3v) is 6.28. The molecule has 2 heterocycles. The normalized spacial score (nSPS) is 13.6. The van der Waals surface area contributed by atoms with Crippen molar-refractivity contribution in [2.75, 3.05) is 19.8 Å². The Labute approximate surface area is 187 Å². The van der Waals surface area contributed by atoms with Gasteiger partial charge in [0.2, 0.25) is 5.91 Å². The van der Waals surface area contributed by atoms with Crippen molar-refractivity contribution in [2.45, 2.75) is 37.2 Å². The van der Waals surface area contributed by atoms with Crippen LogP contribution in [-0.4, -0.2) is 40.5 Å². The van der Waals surface area contributed by atoms with Crippen LogP contribution in [0.2, 0.25) is 0 Å². The van der Waals surface area contributed by atoms with Gasteiger partial charge in [-0.15, -0.1) is 0 Å². The minimum Gasteiger partial charge on any atom is -0.486 e. The summed E-state index contributed by atoms with van der Waals surface area (Å²) in [7, 11) is 0. The molecule has 1 aromatic heterocycles. The highest BCUT2D eigenvalue weighted by molar-refractivity contribution is 8.00. The van der Waals surface area contributed by atoms with Crippen LogP contribution in [0, 0.1) is 0 Å². The van der Waals surface area contributed by atoms with E-state index in [0.29, 0.717) is 19.8 Å². The lowest BCUT2D eigenvalue weighted by atomic mass is 10.1.